The Balaban J connectivity index is 1.61. The van der Waals surface area contributed by atoms with E-state index in [-0.39, 0.29) is 18.1 Å². The largest absolute Gasteiger partial charge is 0.373 e. The number of aryl methyl sites for hydroxylation is 1. The third-order valence-corrected chi connectivity index (χ3v) is 5.21. The van der Waals surface area contributed by atoms with Crippen molar-refractivity contribution < 1.29 is 14.1 Å². The van der Waals surface area contributed by atoms with Gasteiger partial charge in [-0.1, -0.05) is 35.0 Å². The summed E-state index contributed by atoms with van der Waals surface area (Å²) in [6, 6.07) is 11.1. The fourth-order valence-corrected chi connectivity index (χ4v) is 3.77. The zero-order chi connectivity index (χ0) is 21.1. The Labute approximate surface area is 179 Å². The summed E-state index contributed by atoms with van der Waals surface area (Å²) < 4.78 is 10.8. The lowest BCUT2D eigenvalue weighted by Crippen LogP contribution is -2.35. The third kappa shape index (κ3) is 4.68. The van der Waals surface area contributed by atoms with Gasteiger partial charge in [-0.3, -0.25) is 4.79 Å². The van der Waals surface area contributed by atoms with Crippen LogP contribution >= 0.6 is 11.6 Å². The lowest BCUT2D eigenvalue weighted by atomic mass is 10.0. The van der Waals surface area contributed by atoms with Crippen molar-refractivity contribution in [1.82, 2.24) is 20.4 Å². The first kappa shape index (κ1) is 20.5. The molecule has 3 aromatic rings. The normalized spacial score (nSPS) is 17.1. The molecule has 1 aromatic carbocycles. The average Bonchev–Trinajstić information content (AvgIpc) is 3.39. The van der Waals surface area contributed by atoms with E-state index in [0.717, 1.165) is 24.0 Å². The highest BCUT2D eigenvalue weighted by Gasteiger charge is 2.26. The summed E-state index contributed by atoms with van der Waals surface area (Å²) in [4.78, 5) is 22.0. The van der Waals surface area contributed by atoms with Crippen LogP contribution in [0.1, 0.15) is 53.6 Å². The number of ether oxygens (including phenoxy) is 1. The lowest BCUT2D eigenvalue weighted by Gasteiger charge is -2.18. The second-order valence-corrected chi connectivity index (χ2v) is 7.89. The van der Waals surface area contributed by atoms with E-state index in [1.165, 1.54) is 0 Å². The van der Waals surface area contributed by atoms with Gasteiger partial charge >= 0.3 is 0 Å². The molecule has 7 nitrogen and oxygen atoms in total. The van der Waals surface area contributed by atoms with Gasteiger partial charge in [-0.25, -0.2) is 4.98 Å². The van der Waals surface area contributed by atoms with E-state index in [0.29, 0.717) is 41.2 Å². The maximum atomic E-state index is 13.2. The number of aromatic nitrogens is 3. The maximum absolute atomic E-state index is 13.2. The number of amides is 1. The number of benzene rings is 1. The Morgan fingerprint density at radius 2 is 2.17 bits per heavy atom. The predicted octanol–water partition coefficient (Wildman–Crippen LogP) is 4.31. The van der Waals surface area contributed by atoms with Crippen molar-refractivity contribution in [3.8, 4) is 11.3 Å². The highest BCUT2D eigenvalue weighted by Crippen LogP contribution is 2.32. The molecule has 3 heterocycles. The van der Waals surface area contributed by atoms with Gasteiger partial charge in [-0.05, 0) is 38.0 Å². The van der Waals surface area contributed by atoms with E-state index < -0.39 is 0 Å². The van der Waals surface area contributed by atoms with Crippen molar-refractivity contribution in [2.45, 2.75) is 45.3 Å². The molecule has 0 aliphatic carbocycles. The number of hydrogen-bond acceptors (Lipinski definition) is 6. The zero-order valence-corrected chi connectivity index (χ0v) is 17.6. The number of carbonyl (C=O) groups excluding carboxylic acids is 1. The molecule has 1 N–H and O–H groups in total. The molecular weight excluding hydrogens is 404 g/mol. The molecule has 8 heteroatoms. The number of carbonyl (C=O) groups is 1. The first-order valence-electron chi connectivity index (χ1n) is 9.98. The minimum Gasteiger partial charge on any atom is -0.373 e. The van der Waals surface area contributed by atoms with Crippen LogP contribution in [0.15, 0.2) is 40.9 Å². The molecule has 0 spiro atoms. The zero-order valence-electron chi connectivity index (χ0n) is 16.9. The average molecular weight is 427 g/mol. The van der Waals surface area contributed by atoms with Gasteiger partial charge < -0.3 is 14.6 Å². The summed E-state index contributed by atoms with van der Waals surface area (Å²) in [5.74, 6) is 0.803. The minimum absolute atomic E-state index is 0.123. The highest BCUT2D eigenvalue weighted by atomic mass is 35.5. The number of pyridine rings is 1. The van der Waals surface area contributed by atoms with Crippen molar-refractivity contribution in [2.24, 2.45) is 0 Å². The molecule has 1 fully saturated rings. The number of nitrogens with one attached hydrogen (secondary N) is 1. The van der Waals surface area contributed by atoms with Crippen LogP contribution in [0, 0.1) is 6.92 Å². The third-order valence-electron chi connectivity index (χ3n) is 4.97. The van der Waals surface area contributed by atoms with Gasteiger partial charge in [0.05, 0.1) is 11.8 Å². The van der Waals surface area contributed by atoms with E-state index in [2.05, 4.69) is 15.5 Å². The smallest absolute Gasteiger partial charge is 0.270 e. The molecule has 2 aromatic heterocycles. The van der Waals surface area contributed by atoms with Crippen molar-refractivity contribution in [1.29, 1.82) is 0 Å². The van der Waals surface area contributed by atoms with Gasteiger partial charge in [0.25, 0.3) is 5.91 Å². The molecule has 1 aliphatic heterocycles. The van der Waals surface area contributed by atoms with Crippen LogP contribution in [-0.4, -0.2) is 33.7 Å². The highest BCUT2D eigenvalue weighted by molar-refractivity contribution is 6.30. The molecule has 0 saturated carbocycles. The van der Waals surface area contributed by atoms with E-state index in [4.69, 9.17) is 25.8 Å². The van der Waals surface area contributed by atoms with Gasteiger partial charge in [-0.2, -0.15) is 4.98 Å². The molecule has 0 radical (unpaired) electrons. The number of halogens is 1. The van der Waals surface area contributed by atoms with Crippen LogP contribution in [0.4, 0.5) is 0 Å². The van der Waals surface area contributed by atoms with Crippen LogP contribution in [-0.2, 0) is 11.2 Å². The first-order chi connectivity index (χ1) is 14.5. The Kier molecular flexibility index (Phi) is 6.11. The summed E-state index contributed by atoms with van der Waals surface area (Å²) in [7, 11) is 0. The van der Waals surface area contributed by atoms with E-state index >= 15 is 0 Å². The SMILES string of the molecule is Cc1nc(CC(C)NC(=O)c2nc(-c3cccc(Cl)c3)ccc2C2CCCO2)no1. The monoisotopic (exact) mass is 426 g/mol. The van der Waals surface area contributed by atoms with Crippen LogP contribution < -0.4 is 5.32 Å². The second kappa shape index (κ2) is 8.93. The van der Waals surface area contributed by atoms with Gasteiger partial charge in [0.2, 0.25) is 5.89 Å². The van der Waals surface area contributed by atoms with E-state index in [1.807, 2.05) is 37.3 Å². The summed E-state index contributed by atoms with van der Waals surface area (Å²) >= 11 is 6.13. The van der Waals surface area contributed by atoms with Gasteiger partial charge in [0.15, 0.2) is 5.82 Å². The lowest BCUT2D eigenvalue weighted by molar-refractivity contribution is 0.0908. The minimum atomic E-state index is -0.253. The molecule has 2 unspecified atom stereocenters. The van der Waals surface area contributed by atoms with Crippen LogP contribution in [0.3, 0.4) is 0 Å². The fraction of sp³-hybridized carbons (Fsp3) is 0.364. The first-order valence-corrected chi connectivity index (χ1v) is 10.4. The van der Waals surface area contributed by atoms with Crippen molar-refractivity contribution >= 4 is 17.5 Å². The Bertz CT molecular complexity index is 1050. The fourth-order valence-electron chi connectivity index (χ4n) is 3.58. The predicted molar refractivity (Wildman–Crippen MR) is 112 cm³/mol. The molecule has 0 bridgehead atoms. The van der Waals surface area contributed by atoms with Crippen molar-refractivity contribution in [3.05, 3.63) is 64.4 Å². The Hall–Kier alpha value is -2.77. The second-order valence-electron chi connectivity index (χ2n) is 7.45. The number of nitrogens with zero attached hydrogens (tertiary/aromatic N) is 3. The van der Waals surface area contributed by atoms with Gasteiger partial charge in [0.1, 0.15) is 5.69 Å². The molecule has 4 rings (SSSR count). The maximum Gasteiger partial charge on any atom is 0.270 e. The molecule has 156 valence electrons. The van der Waals surface area contributed by atoms with E-state index in [9.17, 15) is 4.79 Å². The quantitative estimate of drug-likeness (QED) is 0.631. The van der Waals surface area contributed by atoms with Crippen LogP contribution in [0.2, 0.25) is 5.02 Å². The molecule has 30 heavy (non-hydrogen) atoms. The molecule has 1 aliphatic rings. The van der Waals surface area contributed by atoms with Crippen LogP contribution in [0.5, 0.6) is 0 Å². The number of hydrogen-bond donors (Lipinski definition) is 1. The summed E-state index contributed by atoms with van der Waals surface area (Å²) in [5, 5.41) is 7.51. The molecule has 2 atom stereocenters. The van der Waals surface area contributed by atoms with Crippen LogP contribution in [0.25, 0.3) is 11.3 Å². The molecule has 1 saturated heterocycles. The molecule has 1 amide bonds. The van der Waals surface area contributed by atoms with Gasteiger partial charge in [-0.15, -0.1) is 0 Å². The summed E-state index contributed by atoms with van der Waals surface area (Å²) in [6.45, 7) is 4.32. The Morgan fingerprint density at radius 3 is 2.87 bits per heavy atom. The topological polar surface area (TPSA) is 90.1 Å². The standard InChI is InChI=1S/C22H23ClN4O3/c1-13(11-20-25-14(2)30-27-20)24-22(28)21-17(19-7-4-10-29-19)8-9-18(26-21)15-5-3-6-16(23)12-15/h3,5-6,8-9,12-13,19H,4,7,10-11H2,1-2H3,(H,24,28). The van der Waals surface area contributed by atoms with Crippen molar-refractivity contribution in [2.75, 3.05) is 6.61 Å². The van der Waals surface area contributed by atoms with E-state index in [1.54, 1.807) is 13.0 Å². The summed E-state index contributed by atoms with van der Waals surface area (Å²) in [6.07, 6.45) is 2.18. The number of rotatable bonds is 6. The Morgan fingerprint density at radius 1 is 1.30 bits per heavy atom. The van der Waals surface area contributed by atoms with Gasteiger partial charge in [0, 0.05) is 42.1 Å². The van der Waals surface area contributed by atoms with Crippen molar-refractivity contribution in [3.63, 3.8) is 0 Å². The molecular formula is C22H23ClN4O3. The summed E-state index contributed by atoms with van der Waals surface area (Å²) in [5.41, 5.74) is 2.71.